The summed E-state index contributed by atoms with van der Waals surface area (Å²) >= 11 is 0. The van der Waals surface area contributed by atoms with Gasteiger partial charge in [0.05, 0.1) is 27.7 Å². The van der Waals surface area contributed by atoms with Crippen LogP contribution < -0.4 is 0 Å². The molecule has 0 aromatic rings. The van der Waals surface area contributed by atoms with E-state index in [-0.39, 0.29) is 32.0 Å². The average molecular weight is 771 g/mol. The first-order valence-corrected chi connectivity index (χ1v) is 22.7. The molecule has 0 aliphatic carbocycles. The number of rotatable bonds is 38. The number of ether oxygens (including phenoxy) is 2. The Hall–Kier alpha value is -1.77. The van der Waals surface area contributed by atoms with Gasteiger partial charge in [0.15, 0.2) is 6.10 Å². The second kappa shape index (κ2) is 35.9. The number of likely N-dealkylation sites (N-methyl/N-ethyl adjacent to an activating group) is 1. The predicted molar refractivity (Wildman–Crippen MR) is 220 cm³/mol. The molecule has 0 fully saturated rings. The minimum absolute atomic E-state index is 0.0278. The molecular weight excluding hydrogens is 689 g/mol. The number of carbonyl (C=O) groups excluding carboxylic acids is 2. The third-order valence-electron chi connectivity index (χ3n) is 8.89. The van der Waals surface area contributed by atoms with Crippen molar-refractivity contribution in [3.05, 3.63) is 36.5 Å². The number of phosphoric ester groups is 1. The molecule has 0 spiro atoms. The molecule has 1 unspecified atom stereocenters. The van der Waals surface area contributed by atoms with Gasteiger partial charge in [0.2, 0.25) is 0 Å². The molecule has 10 heteroatoms. The molecule has 9 nitrogen and oxygen atoms in total. The maximum Gasteiger partial charge on any atom is 0.472 e. The van der Waals surface area contributed by atoms with Crippen molar-refractivity contribution in [3.8, 4) is 0 Å². The van der Waals surface area contributed by atoms with E-state index in [1.807, 2.05) is 21.1 Å². The van der Waals surface area contributed by atoms with Crippen LogP contribution in [0, 0.1) is 0 Å². The summed E-state index contributed by atoms with van der Waals surface area (Å²) in [5.74, 6) is -0.820. The molecule has 310 valence electrons. The van der Waals surface area contributed by atoms with Crippen LogP contribution in [0.1, 0.15) is 174 Å². The van der Waals surface area contributed by atoms with Crippen molar-refractivity contribution in [2.24, 2.45) is 0 Å². The zero-order valence-corrected chi connectivity index (χ0v) is 35.6. The highest BCUT2D eigenvalue weighted by molar-refractivity contribution is 7.47. The monoisotopic (exact) mass is 771 g/mol. The normalized spacial score (nSPS) is 14.0. The molecule has 1 N–H and O–H groups in total. The van der Waals surface area contributed by atoms with Crippen molar-refractivity contribution in [2.75, 3.05) is 47.5 Å². The lowest BCUT2D eigenvalue weighted by atomic mass is 10.1. The number of allylic oxidation sites excluding steroid dienone is 6. The third kappa shape index (κ3) is 39.7. The summed E-state index contributed by atoms with van der Waals surface area (Å²) < 4.78 is 34.2. The van der Waals surface area contributed by atoms with E-state index in [0.29, 0.717) is 17.4 Å². The van der Waals surface area contributed by atoms with Crippen molar-refractivity contribution in [2.45, 2.75) is 180 Å². The van der Waals surface area contributed by atoms with E-state index in [4.69, 9.17) is 18.5 Å². The second-order valence-corrected chi connectivity index (χ2v) is 16.8. The van der Waals surface area contributed by atoms with E-state index in [1.165, 1.54) is 64.2 Å². The van der Waals surface area contributed by atoms with Crippen LogP contribution >= 0.6 is 7.82 Å². The Kier molecular flexibility index (Phi) is 34.7. The van der Waals surface area contributed by atoms with Gasteiger partial charge >= 0.3 is 19.8 Å². The SMILES string of the molecule is CCCC/C=C/C/C=C/CCCCCCCC(=O)O[C@H](COC(=O)CCCCCCCCC/C=C/CCCCCC)COP(=O)(O)OCC[N+](C)(C)C. The summed E-state index contributed by atoms with van der Waals surface area (Å²) in [5.41, 5.74) is 0. The van der Waals surface area contributed by atoms with Crippen LogP contribution in [0.3, 0.4) is 0 Å². The Labute approximate surface area is 325 Å². The van der Waals surface area contributed by atoms with Crippen LogP contribution in [-0.2, 0) is 32.7 Å². The molecule has 0 saturated carbocycles. The number of quaternary nitrogens is 1. The lowest BCUT2D eigenvalue weighted by Gasteiger charge is -2.24. The number of hydrogen-bond acceptors (Lipinski definition) is 7. The van der Waals surface area contributed by atoms with Crippen LogP contribution in [0.2, 0.25) is 0 Å². The van der Waals surface area contributed by atoms with E-state index in [1.54, 1.807) is 0 Å². The van der Waals surface area contributed by atoms with Crippen molar-refractivity contribution in [1.29, 1.82) is 0 Å². The molecule has 0 saturated heterocycles. The van der Waals surface area contributed by atoms with Crippen molar-refractivity contribution >= 4 is 19.8 Å². The molecule has 0 rings (SSSR count). The van der Waals surface area contributed by atoms with Gasteiger partial charge in [-0.1, -0.05) is 134 Å². The summed E-state index contributed by atoms with van der Waals surface area (Å²) in [6, 6.07) is 0. The predicted octanol–water partition coefficient (Wildman–Crippen LogP) is 11.7. The van der Waals surface area contributed by atoms with Crippen LogP contribution in [0.15, 0.2) is 36.5 Å². The molecule has 0 aliphatic heterocycles. The summed E-state index contributed by atoms with van der Waals surface area (Å²) in [6.45, 7) is 4.34. The van der Waals surface area contributed by atoms with Gasteiger partial charge in [-0.05, 0) is 64.2 Å². The molecule has 53 heavy (non-hydrogen) atoms. The van der Waals surface area contributed by atoms with Crippen molar-refractivity contribution < 1.29 is 42.1 Å². The fourth-order valence-corrected chi connectivity index (χ4v) is 6.24. The van der Waals surface area contributed by atoms with Gasteiger partial charge in [-0.15, -0.1) is 0 Å². The summed E-state index contributed by atoms with van der Waals surface area (Å²) in [7, 11) is 1.46. The zero-order chi connectivity index (χ0) is 39.3. The Morgan fingerprint density at radius 1 is 0.585 bits per heavy atom. The van der Waals surface area contributed by atoms with Gasteiger partial charge in [-0.25, -0.2) is 4.57 Å². The lowest BCUT2D eigenvalue weighted by Crippen LogP contribution is -2.37. The van der Waals surface area contributed by atoms with E-state index in [0.717, 1.165) is 77.0 Å². The molecule has 2 atom stereocenters. The van der Waals surface area contributed by atoms with Crippen molar-refractivity contribution in [3.63, 3.8) is 0 Å². The number of phosphoric acid groups is 1. The van der Waals surface area contributed by atoms with E-state index < -0.39 is 26.5 Å². The minimum Gasteiger partial charge on any atom is -0.462 e. The van der Waals surface area contributed by atoms with Gasteiger partial charge < -0.3 is 18.9 Å². The fourth-order valence-electron chi connectivity index (χ4n) is 5.49. The zero-order valence-electron chi connectivity index (χ0n) is 34.7. The van der Waals surface area contributed by atoms with Gasteiger partial charge in [-0.2, -0.15) is 0 Å². The number of unbranched alkanes of at least 4 members (excludes halogenated alkanes) is 18. The molecule has 0 radical (unpaired) electrons. The maximum atomic E-state index is 12.7. The number of nitrogens with zero attached hydrogens (tertiary/aromatic N) is 1. The molecular formula is C43H81NO8P+. The standard InChI is InChI=1S/C43H80NO8P/c1-6-8-10-12-14-16-18-20-22-24-25-27-29-31-33-35-42(45)49-39-41(40-51-53(47,48)50-38-37-44(3,4)5)52-43(46)36-34-32-30-28-26-23-21-19-17-15-13-11-9-7-2/h13,15-16,18-19,21,41H,6-12,14,17,20,22-40H2,1-5H3/p+1/b15-13+,18-16+,21-19+/t41-/m1/s1. The van der Waals surface area contributed by atoms with Gasteiger partial charge in [0.1, 0.15) is 19.8 Å². The van der Waals surface area contributed by atoms with Gasteiger partial charge in [0.25, 0.3) is 0 Å². The second-order valence-electron chi connectivity index (χ2n) is 15.4. The molecule has 0 aromatic heterocycles. The quantitative estimate of drug-likeness (QED) is 0.0217. The highest BCUT2D eigenvalue weighted by Crippen LogP contribution is 2.43. The first-order chi connectivity index (χ1) is 25.5. The van der Waals surface area contributed by atoms with Crippen LogP contribution in [0.25, 0.3) is 0 Å². The smallest absolute Gasteiger partial charge is 0.462 e. The van der Waals surface area contributed by atoms with Gasteiger partial charge in [0, 0.05) is 12.8 Å². The van der Waals surface area contributed by atoms with E-state index in [9.17, 15) is 19.0 Å². The first kappa shape index (κ1) is 51.2. The molecule has 0 bridgehead atoms. The summed E-state index contributed by atoms with van der Waals surface area (Å²) in [5, 5.41) is 0. The fraction of sp³-hybridized carbons (Fsp3) is 0.814. The lowest BCUT2D eigenvalue weighted by molar-refractivity contribution is -0.870. The van der Waals surface area contributed by atoms with Gasteiger partial charge in [-0.3, -0.25) is 18.6 Å². The molecule has 0 amide bonds. The Bertz CT molecular complexity index is 1010. The highest BCUT2D eigenvalue weighted by atomic mass is 31.2. The largest absolute Gasteiger partial charge is 0.472 e. The molecule has 0 aromatic carbocycles. The van der Waals surface area contributed by atoms with Crippen LogP contribution in [0.5, 0.6) is 0 Å². The Morgan fingerprint density at radius 3 is 1.57 bits per heavy atom. The summed E-state index contributed by atoms with van der Waals surface area (Å²) in [4.78, 5) is 35.3. The third-order valence-corrected chi connectivity index (χ3v) is 9.88. The van der Waals surface area contributed by atoms with Crippen LogP contribution in [0.4, 0.5) is 0 Å². The Morgan fingerprint density at radius 2 is 1.04 bits per heavy atom. The minimum atomic E-state index is -4.38. The topological polar surface area (TPSA) is 108 Å². The first-order valence-electron chi connectivity index (χ1n) is 21.2. The average Bonchev–Trinajstić information content (AvgIpc) is 3.10. The molecule has 0 aliphatic rings. The molecule has 0 heterocycles. The highest BCUT2D eigenvalue weighted by Gasteiger charge is 2.27. The Balaban J connectivity index is 4.41. The van der Waals surface area contributed by atoms with E-state index >= 15 is 0 Å². The van der Waals surface area contributed by atoms with Crippen molar-refractivity contribution in [1.82, 2.24) is 0 Å². The van der Waals surface area contributed by atoms with E-state index in [2.05, 4.69) is 50.3 Å². The number of esters is 2. The number of carbonyl (C=O) groups is 2. The summed E-state index contributed by atoms with van der Waals surface area (Å²) in [6.07, 6.45) is 39.0. The van der Waals surface area contributed by atoms with Crippen LogP contribution in [-0.4, -0.2) is 74.9 Å². The number of hydrogen-bond donors (Lipinski definition) is 1. The maximum absolute atomic E-state index is 12.7.